The highest BCUT2D eigenvalue weighted by atomic mass is 16.6. The van der Waals surface area contributed by atoms with E-state index in [0.29, 0.717) is 22.7 Å². The van der Waals surface area contributed by atoms with Crippen molar-refractivity contribution >= 4 is 11.5 Å². The molecule has 0 radical (unpaired) electrons. The molecule has 0 aliphatic heterocycles. The minimum absolute atomic E-state index is 0.0255. The fraction of sp³-hybridized carbons (Fsp3) is 0.267. The number of phenolic OH excluding ortho intramolecular Hbond substituents is 1. The first-order valence-corrected chi connectivity index (χ1v) is 6.67. The van der Waals surface area contributed by atoms with Crippen LogP contribution < -0.4 is 10.1 Å². The average molecular weight is 303 g/mol. The average Bonchev–Trinajstić information content (AvgIpc) is 2.47. The predicted molar refractivity (Wildman–Crippen MR) is 82.3 cm³/mol. The third-order valence-electron chi connectivity index (χ3n) is 3.35. The first-order chi connectivity index (χ1) is 10.4. The Bertz CT molecular complexity index is 703. The van der Waals surface area contributed by atoms with E-state index < -0.39 is 4.92 Å². The number of aromatic nitrogens is 1. The zero-order valence-corrected chi connectivity index (χ0v) is 12.5. The zero-order chi connectivity index (χ0) is 16.3. The van der Waals surface area contributed by atoms with Gasteiger partial charge in [0.2, 0.25) is 0 Å². The van der Waals surface area contributed by atoms with Crippen LogP contribution in [0.25, 0.3) is 0 Å². The number of rotatable bonds is 5. The molecule has 0 aliphatic carbocycles. The van der Waals surface area contributed by atoms with E-state index in [4.69, 9.17) is 4.74 Å². The first kappa shape index (κ1) is 15.6. The summed E-state index contributed by atoms with van der Waals surface area (Å²) in [5, 5.41) is 23.8. The van der Waals surface area contributed by atoms with Crippen LogP contribution in [0.3, 0.4) is 0 Å². The normalized spacial score (nSPS) is 11.8. The monoisotopic (exact) mass is 303 g/mol. The Hall–Kier alpha value is -2.83. The number of anilines is 1. The smallest absolute Gasteiger partial charge is 0.290 e. The second-order valence-corrected chi connectivity index (χ2v) is 4.90. The van der Waals surface area contributed by atoms with Crippen LogP contribution in [-0.2, 0) is 0 Å². The van der Waals surface area contributed by atoms with Gasteiger partial charge in [-0.15, -0.1) is 0 Å². The Balaban J connectivity index is 2.23. The highest BCUT2D eigenvalue weighted by Gasteiger charge is 2.15. The van der Waals surface area contributed by atoms with E-state index in [1.165, 1.54) is 6.20 Å². The second-order valence-electron chi connectivity index (χ2n) is 4.90. The topological polar surface area (TPSA) is 97.5 Å². The molecule has 0 spiro atoms. The van der Waals surface area contributed by atoms with Gasteiger partial charge in [0, 0.05) is 11.1 Å². The van der Waals surface area contributed by atoms with E-state index in [2.05, 4.69) is 10.3 Å². The van der Waals surface area contributed by atoms with Gasteiger partial charge in [0.1, 0.15) is 23.5 Å². The molecule has 7 nitrogen and oxygen atoms in total. The van der Waals surface area contributed by atoms with Crippen LogP contribution in [0.1, 0.15) is 24.1 Å². The number of pyridine rings is 1. The van der Waals surface area contributed by atoms with Crippen molar-refractivity contribution in [3.63, 3.8) is 0 Å². The molecule has 0 fully saturated rings. The van der Waals surface area contributed by atoms with E-state index in [0.717, 1.165) is 0 Å². The number of nitro groups is 1. The number of hydrogen-bond donors (Lipinski definition) is 2. The zero-order valence-electron chi connectivity index (χ0n) is 12.5. The SMILES string of the molecule is COc1ccc(O)c(C(C)Nc2cc(C)c([N+](=O)[O-])cn2)c1. The molecule has 1 unspecified atom stereocenters. The summed E-state index contributed by atoms with van der Waals surface area (Å²) in [4.78, 5) is 14.4. The van der Waals surface area contributed by atoms with Crippen LogP contribution in [0.5, 0.6) is 11.5 Å². The Morgan fingerprint density at radius 2 is 2.14 bits per heavy atom. The fourth-order valence-electron chi connectivity index (χ4n) is 2.12. The van der Waals surface area contributed by atoms with Crippen molar-refractivity contribution in [2.45, 2.75) is 19.9 Å². The largest absolute Gasteiger partial charge is 0.508 e. The van der Waals surface area contributed by atoms with Crippen molar-refractivity contribution in [3.8, 4) is 11.5 Å². The number of ether oxygens (including phenoxy) is 1. The molecule has 0 amide bonds. The molecule has 0 saturated heterocycles. The molecule has 0 saturated carbocycles. The third-order valence-corrected chi connectivity index (χ3v) is 3.35. The van der Waals surface area contributed by atoms with Gasteiger partial charge in [-0.05, 0) is 38.1 Å². The molecule has 1 aromatic carbocycles. The van der Waals surface area contributed by atoms with Gasteiger partial charge in [-0.3, -0.25) is 10.1 Å². The number of aromatic hydroxyl groups is 1. The molecular formula is C15H17N3O4. The van der Waals surface area contributed by atoms with Gasteiger partial charge in [-0.25, -0.2) is 4.98 Å². The lowest BCUT2D eigenvalue weighted by Crippen LogP contribution is -2.09. The van der Waals surface area contributed by atoms with Crippen molar-refractivity contribution in [3.05, 3.63) is 51.7 Å². The minimum Gasteiger partial charge on any atom is -0.508 e. The third kappa shape index (κ3) is 3.25. The van der Waals surface area contributed by atoms with Crippen LogP contribution in [0, 0.1) is 17.0 Å². The summed E-state index contributed by atoms with van der Waals surface area (Å²) in [5.74, 6) is 1.27. The molecule has 116 valence electrons. The quantitative estimate of drug-likeness (QED) is 0.650. The van der Waals surface area contributed by atoms with Crippen molar-refractivity contribution in [2.24, 2.45) is 0 Å². The fourth-order valence-corrected chi connectivity index (χ4v) is 2.12. The first-order valence-electron chi connectivity index (χ1n) is 6.67. The van der Waals surface area contributed by atoms with Crippen LogP contribution in [0.15, 0.2) is 30.5 Å². The molecule has 1 heterocycles. The number of phenols is 1. The summed E-state index contributed by atoms with van der Waals surface area (Å²) in [5.41, 5.74) is 1.14. The summed E-state index contributed by atoms with van der Waals surface area (Å²) < 4.78 is 5.14. The standard InChI is InChI=1S/C15H17N3O4/c1-9-6-15(16-8-13(9)18(20)21)17-10(2)12-7-11(22-3)4-5-14(12)19/h4-8,10,19H,1-3H3,(H,16,17). The summed E-state index contributed by atoms with van der Waals surface area (Å²) in [6.45, 7) is 3.51. The van der Waals surface area contributed by atoms with Crippen molar-refractivity contribution in [1.82, 2.24) is 4.98 Å². The maximum absolute atomic E-state index is 10.8. The minimum atomic E-state index is -0.469. The molecule has 1 aromatic heterocycles. The molecule has 2 rings (SSSR count). The maximum Gasteiger partial charge on any atom is 0.290 e. The molecule has 2 aromatic rings. The molecule has 1 atom stereocenters. The van der Waals surface area contributed by atoms with Gasteiger partial charge in [-0.2, -0.15) is 0 Å². The van der Waals surface area contributed by atoms with E-state index in [1.54, 1.807) is 38.3 Å². The van der Waals surface area contributed by atoms with Crippen molar-refractivity contribution in [1.29, 1.82) is 0 Å². The number of methoxy groups -OCH3 is 1. The molecule has 0 aliphatic rings. The van der Waals surface area contributed by atoms with Crippen molar-refractivity contribution < 1.29 is 14.8 Å². The lowest BCUT2D eigenvalue weighted by molar-refractivity contribution is -0.385. The lowest BCUT2D eigenvalue weighted by atomic mass is 10.1. The Labute approximate surface area is 127 Å². The summed E-state index contributed by atoms with van der Waals surface area (Å²) in [6, 6.07) is 6.31. The van der Waals surface area contributed by atoms with E-state index in [9.17, 15) is 15.2 Å². The highest BCUT2D eigenvalue weighted by molar-refractivity contribution is 5.50. The summed E-state index contributed by atoms with van der Waals surface area (Å²) >= 11 is 0. The van der Waals surface area contributed by atoms with E-state index >= 15 is 0 Å². The van der Waals surface area contributed by atoms with Gasteiger partial charge in [0.15, 0.2) is 0 Å². The van der Waals surface area contributed by atoms with Gasteiger partial charge >= 0.3 is 0 Å². The maximum atomic E-state index is 10.8. The van der Waals surface area contributed by atoms with Gasteiger partial charge in [0.05, 0.1) is 18.1 Å². The summed E-state index contributed by atoms with van der Waals surface area (Å²) in [7, 11) is 1.55. The van der Waals surface area contributed by atoms with Crippen LogP contribution >= 0.6 is 0 Å². The van der Waals surface area contributed by atoms with Crippen LogP contribution in [0.2, 0.25) is 0 Å². The van der Waals surface area contributed by atoms with Gasteiger partial charge in [-0.1, -0.05) is 0 Å². The van der Waals surface area contributed by atoms with Crippen LogP contribution in [-0.4, -0.2) is 22.1 Å². The number of nitrogens with one attached hydrogen (secondary N) is 1. The Kier molecular flexibility index (Phi) is 4.45. The lowest BCUT2D eigenvalue weighted by Gasteiger charge is -2.17. The van der Waals surface area contributed by atoms with E-state index in [1.807, 2.05) is 6.92 Å². The summed E-state index contributed by atoms with van der Waals surface area (Å²) in [6.07, 6.45) is 1.22. The Morgan fingerprint density at radius 3 is 2.73 bits per heavy atom. The number of nitrogens with zero attached hydrogens (tertiary/aromatic N) is 2. The highest BCUT2D eigenvalue weighted by Crippen LogP contribution is 2.30. The molecule has 22 heavy (non-hydrogen) atoms. The predicted octanol–water partition coefficient (Wildman–Crippen LogP) is 3.19. The van der Waals surface area contributed by atoms with Gasteiger partial charge < -0.3 is 15.2 Å². The number of benzene rings is 1. The van der Waals surface area contributed by atoms with E-state index in [-0.39, 0.29) is 17.5 Å². The molecule has 2 N–H and O–H groups in total. The Morgan fingerprint density at radius 1 is 1.41 bits per heavy atom. The number of hydrogen-bond acceptors (Lipinski definition) is 6. The van der Waals surface area contributed by atoms with Crippen LogP contribution in [0.4, 0.5) is 11.5 Å². The number of aryl methyl sites for hydroxylation is 1. The van der Waals surface area contributed by atoms with Gasteiger partial charge in [0.25, 0.3) is 5.69 Å². The molecule has 7 heteroatoms. The second kappa shape index (κ2) is 6.30. The molecular weight excluding hydrogens is 286 g/mol. The molecule has 0 bridgehead atoms. The van der Waals surface area contributed by atoms with Crippen molar-refractivity contribution in [2.75, 3.05) is 12.4 Å².